The number of rotatable bonds is 4. The molecular formula is C17H20N8O4. The van der Waals surface area contributed by atoms with Crippen LogP contribution in [0.1, 0.15) is 11.6 Å². The Balaban J connectivity index is 1.47. The Kier molecular flexibility index (Phi) is 4.62. The van der Waals surface area contributed by atoms with E-state index in [1.807, 2.05) is 0 Å². The number of aromatic amines is 1. The first kappa shape index (κ1) is 18.8. The largest absolute Gasteiger partial charge is 0.389 e. The van der Waals surface area contributed by atoms with Gasteiger partial charge >= 0.3 is 5.69 Å². The van der Waals surface area contributed by atoms with Crippen LogP contribution in [0.4, 0.5) is 5.82 Å². The number of anilines is 1. The standard InChI is InChI=1S/C17H20N8O4/c1-9-5-25(17(29)22-16(9)28)11-6-24(7-12(11)26)13(27)4-18-14-10-3-21-23(2)15(10)20-8-19-14/h3,5,8,11-12,26H,4,6-7H2,1-2H3,(H,18,19,20)(H,22,28,29)/t11-,12-/m1/s1. The molecule has 1 fully saturated rings. The lowest BCUT2D eigenvalue weighted by Gasteiger charge is -2.18. The molecule has 4 rings (SSSR count). The lowest BCUT2D eigenvalue weighted by molar-refractivity contribution is -0.128. The number of hydrogen-bond acceptors (Lipinski definition) is 8. The van der Waals surface area contributed by atoms with Gasteiger partial charge in [-0.1, -0.05) is 0 Å². The van der Waals surface area contributed by atoms with E-state index in [0.29, 0.717) is 22.4 Å². The molecule has 0 radical (unpaired) electrons. The van der Waals surface area contributed by atoms with Crippen LogP contribution >= 0.6 is 0 Å². The summed E-state index contributed by atoms with van der Waals surface area (Å²) >= 11 is 0. The monoisotopic (exact) mass is 400 g/mol. The summed E-state index contributed by atoms with van der Waals surface area (Å²) in [4.78, 5) is 48.3. The van der Waals surface area contributed by atoms with Gasteiger partial charge in [0.1, 0.15) is 12.1 Å². The van der Waals surface area contributed by atoms with Gasteiger partial charge in [-0.15, -0.1) is 0 Å². The van der Waals surface area contributed by atoms with Crippen LogP contribution in [0, 0.1) is 6.92 Å². The maximum absolute atomic E-state index is 12.6. The molecule has 12 nitrogen and oxygen atoms in total. The number of carbonyl (C=O) groups is 1. The number of β-amino-alcohol motifs (C(OH)–C–C–N with tert-alkyl or cyclic N) is 1. The van der Waals surface area contributed by atoms with Gasteiger partial charge in [-0.25, -0.2) is 14.8 Å². The third-order valence-corrected chi connectivity index (χ3v) is 5.05. The van der Waals surface area contributed by atoms with Crippen molar-refractivity contribution in [3.63, 3.8) is 0 Å². The first-order chi connectivity index (χ1) is 13.8. The number of fused-ring (bicyclic) bond motifs is 1. The van der Waals surface area contributed by atoms with Crippen LogP contribution in [0.2, 0.25) is 0 Å². The van der Waals surface area contributed by atoms with E-state index in [2.05, 4.69) is 25.4 Å². The Labute approximate surface area is 163 Å². The van der Waals surface area contributed by atoms with E-state index in [4.69, 9.17) is 0 Å². The topological polar surface area (TPSA) is 151 Å². The van der Waals surface area contributed by atoms with Gasteiger partial charge in [0.15, 0.2) is 5.65 Å². The lowest BCUT2D eigenvalue weighted by Crippen LogP contribution is -2.37. The number of aromatic nitrogens is 6. The average Bonchev–Trinajstić information content (AvgIpc) is 3.26. The number of amides is 1. The maximum atomic E-state index is 12.6. The summed E-state index contributed by atoms with van der Waals surface area (Å²) in [6.45, 7) is 1.77. The second kappa shape index (κ2) is 7.13. The fourth-order valence-corrected chi connectivity index (χ4v) is 3.45. The minimum atomic E-state index is -0.925. The van der Waals surface area contributed by atoms with Crippen molar-refractivity contribution in [1.29, 1.82) is 0 Å². The molecule has 1 saturated heterocycles. The fourth-order valence-electron chi connectivity index (χ4n) is 3.45. The van der Waals surface area contributed by atoms with Crippen molar-refractivity contribution in [3.8, 4) is 0 Å². The maximum Gasteiger partial charge on any atom is 0.328 e. The number of hydrogen-bond donors (Lipinski definition) is 3. The Bertz CT molecular complexity index is 1200. The van der Waals surface area contributed by atoms with Crippen molar-refractivity contribution < 1.29 is 9.90 Å². The fraction of sp³-hybridized carbons (Fsp3) is 0.412. The zero-order valence-electron chi connectivity index (χ0n) is 15.9. The molecule has 1 aliphatic rings. The molecule has 152 valence electrons. The molecule has 0 aromatic carbocycles. The molecule has 3 aromatic rings. The van der Waals surface area contributed by atoms with Gasteiger partial charge in [-0.05, 0) is 6.92 Å². The van der Waals surface area contributed by atoms with Gasteiger partial charge in [0, 0.05) is 31.9 Å². The molecule has 3 N–H and O–H groups in total. The second-order valence-electron chi connectivity index (χ2n) is 6.99. The first-order valence-electron chi connectivity index (χ1n) is 8.99. The van der Waals surface area contributed by atoms with Crippen LogP contribution in [0.25, 0.3) is 11.0 Å². The molecule has 1 amide bonds. The van der Waals surface area contributed by atoms with E-state index in [1.54, 1.807) is 24.9 Å². The quantitative estimate of drug-likeness (QED) is 0.473. The predicted molar refractivity (Wildman–Crippen MR) is 102 cm³/mol. The zero-order valence-corrected chi connectivity index (χ0v) is 15.9. The van der Waals surface area contributed by atoms with E-state index < -0.39 is 23.4 Å². The lowest BCUT2D eigenvalue weighted by atomic mass is 10.2. The molecule has 0 saturated carbocycles. The summed E-state index contributed by atoms with van der Waals surface area (Å²) < 4.78 is 2.88. The minimum absolute atomic E-state index is 0.0417. The third kappa shape index (κ3) is 3.38. The molecule has 0 spiro atoms. The Morgan fingerprint density at radius 3 is 2.93 bits per heavy atom. The van der Waals surface area contributed by atoms with E-state index >= 15 is 0 Å². The van der Waals surface area contributed by atoms with E-state index in [0.717, 1.165) is 0 Å². The van der Waals surface area contributed by atoms with Crippen LogP contribution in [-0.4, -0.2) is 71.0 Å². The number of aryl methyl sites for hydroxylation is 2. The highest BCUT2D eigenvalue weighted by atomic mass is 16.3. The van der Waals surface area contributed by atoms with Crippen LogP contribution < -0.4 is 16.6 Å². The van der Waals surface area contributed by atoms with Gasteiger partial charge in [0.05, 0.1) is 30.3 Å². The zero-order chi connectivity index (χ0) is 20.7. The summed E-state index contributed by atoms with van der Waals surface area (Å²) in [5, 5.41) is 18.2. The van der Waals surface area contributed by atoms with Gasteiger partial charge in [-0.3, -0.25) is 23.8 Å². The van der Waals surface area contributed by atoms with Crippen LogP contribution in [0.15, 0.2) is 28.3 Å². The number of likely N-dealkylation sites (tertiary alicyclic amines) is 1. The summed E-state index contributed by atoms with van der Waals surface area (Å²) in [5.74, 6) is 0.233. The minimum Gasteiger partial charge on any atom is -0.389 e. The highest BCUT2D eigenvalue weighted by Gasteiger charge is 2.35. The number of carbonyl (C=O) groups excluding carboxylic acids is 1. The predicted octanol–water partition coefficient (Wildman–Crippen LogP) is -1.62. The Hall–Kier alpha value is -3.54. The van der Waals surface area contributed by atoms with E-state index in [9.17, 15) is 19.5 Å². The smallest absolute Gasteiger partial charge is 0.328 e. The van der Waals surface area contributed by atoms with Crippen molar-refractivity contribution in [2.75, 3.05) is 25.0 Å². The Morgan fingerprint density at radius 2 is 2.14 bits per heavy atom. The summed E-state index contributed by atoms with van der Waals surface area (Å²) in [7, 11) is 1.76. The highest BCUT2D eigenvalue weighted by molar-refractivity contribution is 5.88. The van der Waals surface area contributed by atoms with Crippen molar-refractivity contribution in [2.24, 2.45) is 7.05 Å². The van der Waals surface area contributed by atoms with Crippen molar-refractivity contribution in [2.45, 2.75) is 19.1 Å². The average molecular weight is 400 g/mol. The molecule has 1 aliphatic heterocycles. The summed E-state index contributed by atoms with van der Waals surface area (Å²) in [6, 6.07) is -0.633. The Morgan fingerprint density at radius 1 is 1.34 bits per heavy atom. The molecule has 12 heteroatoms. The molecule has 0 bridgehead atoms. The SMILES string of the molecule is Cc1cn([C@@H]2CN(C(=O)CNc3ncnc4c3cnn4C)C[C@H]2O)c(=O)[nH]c1=O. The van der Waals surface area contributed by atoms with Crippen molar-refractivity contribution in [1.82, 2.24) is 34.2 Å². The normalized spacial score (nSPS) is 19.1. The van der Waals surface area contributed by atoms with Crippen LogP contribution in [0.5, 0.6) is 0 Å². The third-order valence-electron chi connectivity index (χ3n) is 5.05. The molecule has 2 atom stereocenters. The molecule has 0 aliphatic carbocycles. The molecule has 4 heterocycles. The summed E-state index contributed by atoms with van der Waals surface area (Å²) in [6.07, 6.45) is 3.48. The molecule has 0 unspecified atom stereocenters. The van der Waals surface area contributed by atoms with Crippen LogP contribution in [-0.2, 0) is 11.8 Å². The molecule has 29 heavy (non-hydrogen) atoms. The van der Waals surface area contributed by atoms with Gasteiger partial charge in [-0.2, -0.15) is 5.10 Å². The number of nitrogens with zero attached hydrogens (tertiary/aromatic N) is 6. The summed E-state index contributed by atoms with van der Waals surface area (Å²) in [5.41, 5.74) is -0.0913. The number of H-pyrrole nitrogens is 1. The second-order valence-corrected chi connectivity index (χ2v) is 6.99. The van der Waals surface area contributed by atoms with Crippen molar-refractivity contribution in [3.05, 3.63) is 45.1 Å². The van der Waals surface area contributed by atoms with Gasteiger partial charge in [0.2, 0.25) is 5.91 Å². The van der Waals surface area contributed by atoms with Crippen LogP contribution in [0.3, 0.4) is 0 Å². The number of aliphatic hydroxyl groups excluding tert-OH is 1. The van der Waals surface area contributed by atoms with Gasteiger partial charge in [0.25, 0.3) is 5.56 Å². The van der Waals surface area contributed by atoms with Gasteiger partial charge < -0.3 is 15.3 Å². The van der Waals surface area contributed by atoms with E-state index in [-0.39, 0.29) is 25.5 Å². The molecular weight excluding hydrogens is 380 g/mol. The van der Waals surface area contributed by atoms with Crippen molar-refractivity contribution >= 4 is 22.8 Å². The van der Waals surface area contributed by atoms with E-state index in [1.165, 1.54) is 22.0 Å². The number of nitrogens with one attached hydrogen (secondary N) is 2. The molecule has 3 aromatic heterocycles. The first-order valence-corrected chi connectivity index (χ1v) is 8.99. The highest BCUT2D eigenvalue weighted by Crippen LogP contribution is 2.22. The number of aliphatic hydroxyl groups is 1.